The second kappa shape index (κ2) is 9.54. The number of piperidine rings is 1. The van der Waals surface area contributed by atoms with E-state index in [0.717, 1.165) is 68.9 Å². The maximum absolute atomic E-state index is 13.2. The summed E-state index contributed by atoms with van der Waals surface area (Å²) in [5, 5.41) is 0.790. The van der Waals surface area contributed by atoms with Gasteiger partial charge in [-0.3, -0.25) is 4.79 Å². The summed E-state index contributed by atoms with van der Waals surface area (Å²) in [6, 6.07) is 15.0. The number of carbonyl (C=O) groups is 1. The fourth-order valence-electron chi connectivity index (χ4n) is 4.97. The molecule has 2 saturated heterocycles. The molecule has 0 aliphatic carbocycles. The summed E-state index contributed by atoms with van der Waals surface area (Å²) in [6.45, 7) is 4.32. The highest BCUT2D eigenvalue weighted by atomic mass is 35.5. The van der Waals surface area contributed by atoms with Crippen LogP contribution in [0.2, 0.25) is 5.02 Å². The maximum Gasteiger partial charge on any atom is 0.229 e. The van der Waals surface area contributed by atoms with Gasteiger partial charge >= 0.3 is 0 Å². The molecule has 0 N–H and O–H groups in total. The van der Waals surface area contributed by atoms with Crippen LogP contribution < -0.4 is 0 Å². The third-order valence-corrected chi connectivity index (χ3v) is 8.33. The van der Waals surface area contributed by atoms with Gasteiger partial charge in [-0.25, -0.2) is 8.42 Å². The molecule has 7 heteroatoms. The Labute approximate surface area is 196 Å². The fourth-order valence-corrected chi connectivity index (χ4v) is 5.82. The summed E-state index contributed by atoms with van der Waals surface area (Å²) < 4.78 is 23.3. The number of hydrogen-bond donors (Lipinski definition) is 0. The van der Waals surface area contributed by atoms with Gasteiger partial charge in [0.15, 0.2) is 9.84 Å². The van der Waals surface area contributed by atoms with Gasteiger partial charge in [-0.05, 0) is 87.1 Å². The van der Waals surface area contributed by atoms with Crippen molar-refractivity contribution in [3.05, 3.63) is 64.7 Å². The number of hydrogen-bond acceptors (Lipinski definition) is 4. The van der Waals surface area contributed by atoms with E-state index in [9.17, 15) is 13.2 Å². The monoisotopic (exact) mass is 474 g/mol. The summed E-state index contributed by atoms with van der Waals surface area (Å²) in [5.74, 6) is 0.267. The molecule has 2 aromatic rings. The lowest BCUT2D eigenvalue weighted by atomic mass is 9.77. The van der Waals surface area contributed by atoms with Crippen LogP contribution >= 0.6 is 11.6 Å². The van der Waals surface area contributed by atoms with E-state index < -0.39 is 9.84 Å². The predicted octanol–water partition coefficient (Wildman–Crippen LogP) is 4.19. The van der Waals surface area contributed by atoms with E-state index in [-0.39, 0.29) is 11.3 Å². The number of carbonyl (C=O) groups excluding carboxylic acids is 1. The average Bonchev–Trinajstić information content (AvgIpc) is 3.05. The number of rotatable bonds is 7. The first-order valence-electron chi connectivity index (χ1n) is 11.3. The van der Waals surface area contributed by atoms with Gasteiger partial charge in [0.2, 0.25) is 5.91 Å². The van der Waals surface area contributed by atoms with Crippen LogP contribution in [0.4, 0.5) is 0 Å². The molecule has 0 radical (unpaired) electrons. The first-order chi connectivity index (χ1) is 15.2. The largest absolute Gasteiger partial charge is 0.338 e. The van der Waals surface area contributed by atoms with Gasteiger partial charge in [-0.2, -0.15) is 0 Å². The van der Waals surface area contributed by atoms with E-state index in [1.165, 1.54) is 11.8 Å². The number of halogens is 1. The third kappa shape index (κ3) is 5.36. The van der Waals surface area contributed by atoms with Crippen molar-refractivity contribution in [3.63, 3.8) is 0 Å². The summed E-state index contributed by atoms with van der Waals surface area (Å²) >= 11 is 6.07. The second-order valence-corrected chi connectivity index (χ2v) is 11.7. The Bertz CT molecular complexity index is 1060. The van der Waals surface area contributed by atoms with Gasteiger partial charge in [0.05, 0.1) is 10.3 Å². The molecule has 0 unspecified atom stereocenters. The summed E-state index contributed by atoms with van der Waals surface area (Å²) in [7, 11) is -3.20. The van der Waals surface area contributed by atoms with E-state index in [1.807, 2.05) is 35.2 Å². The lowest BCUT2D eigenvalue weighted by Crippen LogP contribution is -2.44. The lowest BCUT2D eigenvalue weighted by Gasteiger charge is -2.38. The molecule has 0 atom stereocenters. The van der Waals surface area contributed by atoms with E-state index in [1.54, 1.807) is 12.1 Å². The molecule has 4 rings (SSSR count). The minimum absolute atomic E-state index is 0.212. The number of aryl methyl sites for hydroxylation is 1. The van der Waals surface area contributed by atoms with Crippen LogP contribution in [-0.4, -0.2) is 56.6 Å². The zero-order valence-electron chi connectivity index (χ0n) is 18.6. The molecule has 32 heavy (non-hydrogen) atoms. The van der Waals surface area contributed by atoms with Crippen LogP contribution in [0.15, 0.2) is 53.4 Å². The summed E-state index contributed by atoms with van der Waals surface area (Å²) in [4.78, 5) is 18.0. The lowest BCUT2D eigenvalue weighted by molar-refractivity contribution is -0.138. The summed E-state index contributed by atoms with van der Waals surface area (Å²) in [5.41, 5.74) is 2.04. The Kier molecular flexibility index (Phi) is 6.94. The highest BCUT2D eigenvalue weighted by Crippen LogP contribution is 2.42. The van der Waals surface area contributed by atoms with E-state index >= 15 is 0 Å². The minimum atomic E-state index is -3.20. The second-order valence-electron chi connectivity index (χ2n) is 9.25. The number of likely N-dealkylation sites (tertiary alicyclic amines) is 2. The Morgan fingerprint density at radius 3 is 2.31 bits per heavy atom. The quantitative estimate of drug-likeness (QED) is 0.603. The van der Waals surface area contributed by atoms with Crippen LogP contribution in [0.3, 0.4) is 0 Å². The molecule has 2 heterocycles. The molecule has 0 bridgehead atoms. The van der Waals surface area contributed by atoms with Crippen LogP contribution in [0.25, 0.3) is 0 Å². The van der Waals surface area contributed by atoms with Crippen molar-refractivity contribution in [2.75, 3.05) is 32.4 Å². The van der Waals surface area contributed by atoms with Crippen LogP contribution in [0, 0.1) is 5.41 Å². The van der Waals surface area contributed by atoms with Gasteiger partial charge in [-0.1, -0.05) is 35.9 Å². The Morgan fingerprint density at radius 2 is 1.66 bits per heavy atom. The van der Waals surface area contributed by atoms with Gasteiger partial charge in [0, 0.05) is 24.4 Å². The van der Waals surface area contributed by atoms with Gasteiger partial charge in [-0.15, -0.1) is 0 Å². The molecule has 5 nitrogen and oxygen atoms in total. The predicted molar refractivity (Wildman–Crippen MR) is 127 cm³/mol. The third-order valence-electron chi connectivity index (χ3n) is 6.97. The molecule has 2 aromatic carbocycles. The molecule has 172 valence electrons. The molecule has 1 spiro atoms. The number of amides is 1. The fraction of sp³-hybridized carbons (Fsp3) is 0.480. The molecular formula is C25H31ClN2O3S. The van der Waals surface area contributed by atoms with Crippen LogP contribution in [-0.2, 0) is 27.6 Å². The van der Waals surface area contributed by atoms with E-state index in [2.05, 4.69) is 11.0 Å². The van der Waals surface area contributed by atoms with Crippen molar-refractivity contribution in [3.8, 4) is 0 Å². The Morgan fingerprint density at radius 1 is 0.969 bits per heavy atom. The zero-order valence-corrected chi connectivity index (χ0v) is 20.2. The van der Waals surface area contributed by atoms with Gasteiger partial charge in [0.25, 0.3) is 0 Å². The zero-order chi connectivity index (χ0) is 22.8. The van der Waals surface area contributed by atoms with Crippen molar-refractivity contribution >= 4 is 27.3 Å². The van der Waals surface area contributed by atoms with Crippen LogP contribution in [0.5, 0.6) is 0 Å². The molecule has 1 amide bonds. The highest BCUT2D eigenvalue weighted by Gasteiger charge is 2.47. The van der Waals surface area contributed by atoms with Crippen molar-refractivity contribution in [1.82, 2.24) is 9.80 Å². The SMILES string of the molecule is CS(=O)(=O)c1ccc(CN2CCC3(CCN(CCCc4cccc(Cl)c4)CC3)C2=O)cc1. The smallest absolute Gasteiger partial charge is 0.229 e. The van der Waals surface area contributed by atoms with Crippen LogP contribution in [0.1, 0.15) is 36.8 Å². The van der Waals surface area contributed by atoms with Crippen molar-refractivity contribution in [2.24, 2.45) is 5.41 Å². The van der Waals surface area contributed by atoms with Crippen molar-refractivity contribution in [2.45, 2.75) is 43.5 Å². The van der Waals surface area contributed by atoms with Gasteiger partial charge < -0.3 is 9.80 Å². The highest BCUT2D eigenvalue weighted by molar-refractivity contribution is 7.90. The molecular weight excluding hydrogens is 444 g/mol. The Balaban J connectivity index is 1.26. The van der Waals surface area contributed by atoms with E-state index in [4.69, 9.17) is 11.6 Å². The standard InChI is InChI=1S/C25H31ClN2O3S/c1-32(30,31)23-9-7-21(8-10-23)19-28-17-13-25(24(28)29)11-15-27(16-12-25)14-3-5-20-4-2-6-22(26)18-20/h2,4,6-10,18H,3,5,11-17,19H2,1H3. The van der Waals surface area contributed by atoms with E-state index in [0.29, 0.717) is 11.4 Å². The topological polar surface area (TPSA) is 57.7 Å². The van der Waals surface area contributed by atoms with Crippen molar-refractivity contribution < 1.29 is 13.2 Å². The number of sulfone groups is 1. The molecule has 0 aromatic heterocycles. The number of benzene rings is 2. The average molecular weight is 475 g/mol. The maximum atomic E-state index is 13.2. The summed E-state index contributed by atoms with van der Waals surface area (Å²) in [6.07, 6.45) is 6.09. The minimum Gasteiger partial charge on any atom is -0.338 e. The normalized spacial score (nSPS) is 19.1. The number of nitrogens with zero attached hydrogens (tertiary/aromatic N) is 2. The Hall–Kier alpha value is -1.89. The first-order valence-corrected chi connectivity index (χ1v) is 13.6. The molecule has 2 aliphatic heterocycles. The first kappa shape index (κ1) is 23.3. The van der Waals surface area contributed by atoms with Gasteiger partial charge in [0.1, 0.15) is 0 Å². The molecule has 2 aliphatic rings. The van der Waals surface area contributed by atoms with Crippen molar-refractivity contribution in [1.29, 1.82) is 0 Å². The molecule has 0 saturated carbocycles. The molecule has 2 fully saturated rings.